The summed E-state index contributed by atoms with van der Waals surface area (Å²) in [5.74, 6) is 1.26. The first-order valence-corrected chi connectivity index (χ1v) is 6.49. The molecule has 0 atom stereocenters. The number of hydrogen-bond acceptors (Lipinski definition) is 5. The van der Waals surface area contributed by atoms with Crippen LogP contribution in [-0.2, 0) is 5.75 Å². The number of fused-ring (bicyclic) bond motifs is 1. The van der Waals surface area contributed by atoms with Gasteiger partial charge in [0, 0.05) is 17.5 Å². The summed E-state index contributed by atoms with van der Waals surface area (Å²) >= 11 is 1.52. The van der Waals surface area contributed by atoms with Gasteiger partial charge in [0.25, 0.3) is 5.22 Å². The van der Waals surface area contributed by atoms with Crippen molar-refractivity contribution in [2.75, 3.05) is 5.73 Å². The molecule has 0 spiro atoms. The summed E-state index contributed by atoms with van der Waals surface area (Å²) in [4.78, 5) is 8.44. The van der Waals surface area contributed by atoms with E-state index in [0.717, 1.165) is 16.7 Å². The fourth-order valence-electron chi connectivity index (χ4n) is 1.63. The predicted molar refractivity (Wildman–Crippen MR) is 72.2 cm³/mol. The van der Waals surface area contributed by atoms with Gasteiger partial charge in [-0.3, -0.25) is 0 Å². The van der Waals surface area contributed by atoms with Crippen molar-refractivity contribution in [3.63, 3.8) is 0 Å². The highest BCUT2D eigenvalue weighted by Crippen LogP contribution is 2.27. The zero-order valence-corrected chi connectivity index (χ0v) is 10.4. The van der Waals surface area contributed by atoms with Gasteiger partial charge in [0.2, 0.25) is 0 Å². The van der Waals surface area contributed by atoms with Crippen molar-refractivity contribution < 1.29 is 4.42 Å². The van der Waals surface area contributed by atoms with E-state index >= 15 is 0 Å². The number of nitrogen functional groups attached to an aromatic ring is 1. The third kappa shape index (κ3) is 2.17. The van der Waals surface area contributed by atoms with Gasteiger partial charge in [-0.2, -0.15) is 0 Å². The second-order valence-corrected chi connectivity index (χ2v) is 4.71. The number of aromatic nitrogens is 2. The van der Waals surface area contributed by atoms with Crippen LogP contribution in [0.5, 0.6) is 0 Å². The molecule has 4 nitrogen and oxygen atoms in total. The van der Waals surface area contributed by atoms with Crippen molar-refractivity contribution in [1.82, 2.24) is 9.97 Å². The Balaban J connectivity index is 1.79. The summed E-state index contributed by atoms with van der Waals surface area (Å²) in [5.41, 5.74) is 8.45. The van der Waals surface area contributed by atoms with E-state index in [0.29, 0.717) is 16.8 Å². The van der Waals surface area contributed by atoms with Gasteiger partial charge in [0.05, 0.1) is 0 Å². The van der Waals surface area contributed by atoms with Crippen LogP contribution in [0, 0.1) is 0 Å². The van der Waals surface area contributed by atoms with E-state index in [4.69, 9.17) is 10.2 Å². The molecule has 3 aromatic rings. The SMILES string of the molecule is Nc1ncccc1CSc1nc2ccccc2o1. The van der Waals surface area contributed by atoms with Crippen LogP contribution in [-0.4, -0.2) is 9.97 Å². The molecule has 0 saturated heterocycles. The molecule has 0 unspecified atom stereocenters. The Morgan fingerprint density at radius 3 is 2.89 bits per heavy atom. The molecular formula is C13H11N3OS. The number of hydrogen-bond donors (Lipinski definition) is 1. The molecule has 2 heterocycles. The highest BCUT2D eigenvalue weighted by Gasteiger charge is 2.07. The zero-order chi connectivity index (χ0) is 12.4. The van der Waals surface area contributed by atoms with Crippen LogP contribution in [0.2, 0.25) is 0 Å². The molecule has 0 aliphatic carbocycles. The molecule has 2 aromatic heterocycles. The Labute approximate surface area is 108 Å². The lowest BCUT2D eigenvalue weighted by atomic mass is 10.3. The molecule has 0 saturated carbocycles. The van der Waals surface area contributed by atoms with Gasteiger partial charge >= 0.3 is 0 Å². The van der Waals surface area contributed by atoms with Crippen LogP contribution in [0.4, 0.5) is 5.82 Å². The number of pyridine rings is 1. The van der Waals surface area contributed by atoms with E-state index in [2.05, 4.69) is 9.97 Å². The van der Waals surface area contributed by atoms with Crippen LogP contribution < -0.4 is 5.73 Å². The average molecular weight is 257 g/mol. The smallest absolute Gasteiger partial charge is 0.257 e. The fraction of sp³-hybridized carbons (Fsp3) is 0.0769. The quantitative estimate of drug-likeness (QED) is 0.730. The van der Waals surface area contributed by atoms with Gasteiger partial charge in [-0.1, -0.05) is 30.0 Å². The van der Waals surface area contributed by atoms with Gasteiger partial charge < -0.3 is 10.2 Å². The lowest BCUT2D eigenvalue weighted by molar-refractivity contribution is 0.489. The first-order valence-electron chi connectivity index (χ1n) is 5.50. The van der Waals surface area contributed by atoms with E-state index in [-0.39, 0.29) is 0 Å². The van der Waals surface area contributed by atoms with Gasteiger partial charge in [-0.05, 0) is 18.2 Å². The number of benzene rings is 1. The monoisotopic (exact) mass is 257 g/mol. The van der Waals surface area contributed by atoms with Crippen molar-refractivity contribution in [2.24, 2.45) is 0 Å². The van der Waals surface area contributed by atoms with Crippen molar-refractivity contribution in [2.45, 2.75) is 11.0 Å². The minimum Gasteiger partial charge on any atom is -0.431 e. The van der Waals surface area contributed by atoms with E-state index in [9.17, 15) is 0 Å². The zero-order valence-electron chi connectivity index (χ0n) is 9.54. The standard InChI is InChI=1S/C13H11N3OS/c14-12-9(4-3-7-15-12)8-18-13-16-10-5-1-2-6-11(10)17-13/h1-7H,8H2,(H2,14,15). The number of nitrogens with zero attached hydrogens (tertiary/aromatic N) is 2. The Kier molecular flexibility index (Phi) is 2.90. The second kappa shape index (κ2) is 4.70. The van der Waals surface area contributed by atoms with E-state index in [1.54, 1.807) is 6.20 Å². The van der Waals surface area contributed by atoms with Gasteiger partial charge in [-0.25, -0.2) is 9.97 Å². The first kappa shape index (κ1) is 11.1. The highest BCUT2D eigenvalue weighted by atomic mass is 32.2. The number of anilines is 1. The lowest BCUT2D eigenvalue weighted by Crippen LogP contribution is -1.95. The average Bonchev–Trinajstić information content (AvgIpc) is 2.80. The first-order chi connectivity index (χ1) is 8.83. The molecule has 90 valence electrons. The number of oxazole rings is 1. The second-order valence-electron chi connectivity index (χ2n) is 3.78. The van der Waals surface area contributed by atoms with Crippen LogP contribution >= 0.6 is 11.8 Å². The summed E-state index contributed by atoms with van der Waals surface area (Å²) in [5, 5.41) is 0.652. The molecule has 18 heavy (non-hydrogen) atoms. The largest absolute Gasteiger partial charge is 0.431 e. The minimum atomic E-state index is 0.557. The summed E-state index contributed by atoms with van der Waals surface area (Å²) in [6.45, 7) is 0. The molecule has 0 amide bonds. The van der Waals surface area contributed by atoms with E-state index in [1.165, 1.54) is 11.8 Å². The summed E-state index contributed by atoms with van der Waals surface area (Å²) < 4.78 is 5.62. The maximum atomic E-state index is 5.78. The molecule has 0 fully saturated rings. The maximum absolute atomic E-state index is 5.78. The number of para-hydroxylation sites is 2. The third-order valence-electron chi connectivity index (χ3n) is 2.55. The molecular weight excluding hydrogens is 246 g/mol. The summed E-state index contributed by atoms with van der Waals surface area (Å²) in [7, 11) is 0. The van der Waals surface area contributed by atoms with Gasteiger partial charge in [-0.15, -0.1) is 0 Å². The molecule has 2 N–H and O–H groups in total. The summed E-state index contributed by atoms with van der Waals surface area (Å²) in [6, 6.07) is 11.5. The van der Waals surface area contributed by atoms with Crippen molar-refractivity contribution in [3.8, 4) is 0 Å². The Morgan fingerprint density at radius 1 is 1.17 bits per heavy atom. The molecule has 0 aliphatic heterocycles. The Hall–Kier alpha value is -2.01. The minimum absolute atomic E-state index is 0.557. The molecule has 0 radical (unpaired) electrons. The van der Waals surface area contributed by atoms with Crippen LogP contribution in [0.25, 0.3) is 11.1 Å². The van der Waals surface area contributed by atoms with Crippen LogP contribution in [0.3, 0.4) is 0 Å². The highest BCUT2D eigenvalue weighted by molar-refractivity contribution is 7.98. The third-order valence-corrected chi connectivity index (χ3v) is 3.43. The molecule has 3 rings (SSSR count). The van der Waals surface area contributed by atoms with Crippen molar-refractivity contribution >= 4 is 28.7 Å². The Bertz CT molecular complexity index is 648. The van der Waals surface area contributed by atoms with Crippen LogP contribution in [0.1, 0.15) is 5.56 Å². The Morgan fingerprint density at radius 2 is 2.06 bits per heavy atom. The lowest BCUT2D eigenvalue weighted by Gasteiger charge is -2.00. The van der Waals surface area contributed by atoms with E-state index < -0.39 is 0 Å². The maximum Gasteiger partial charge on any atom is 0.257 e. The predicted octanol–water partition coefficient (Wildman–Crippen LogP) is 3.10. The topological polar surface area (TPSA) is 64.9 Å². The normalized spacial score (nSPS) is 10.9. The summed E-state index contributed by atoms with van der Waals surface area (Å²) in [6.07, 6.45) is 1.68. The number of thioether (sulfide) groups is 1. The van der Waals surface area contributed by atoms with Gasteiger partial charge in [0.15, 0.2) is 5.58 Å². The number of nitrogens with two attached hydrogens (primary N) is 1. The van der Waals surface area contributed by atoms with Crippen molar-refractivity contribution in [1.29, 1.82) is 0 Å². The van der Waals surface area contributed by atoms with E-state index in [1.807, 2.05) is 36.4 Å². The molecule has 1 aromatic carbocycles. The number of rotatable bonds is 3. The van der Waals surface area contributed by atoms with Crippen molar-refractivity contribution in [3.05, 3.63) is 48.2 Å². The van der Waals surface area contributed by atoms with Gasteiger partial charge in [0.1, 0.15) is 11.3 Å². The molecule has 0 aliphatic rings. The fourth-order valence-corrected chi connectivity index (χ4v) is 2.46. The molecule has 0 bridgehead atoms. The van der Waals surface area contributed by atoms with Crippen LogP contribution in [0.15, 0.2) is 52.2 Å². The molecule has 5 heteroatoms.